The van der Waals surface area contributed by atoms with Gasteiger partial charge in [0.2, 0.25) is 0 Å². The summed E-state index contributed by atoms with van der Waals surface area (Å²) in [5.74, 6) is 2.47. The van der Waals surface area contributed by atoms with Crippen LogP contribution in [0, 0.1) is 0 Å². The summed E-state index contributed by atoms with van der Waals surface area (Å²) in [5, 5.41) is 3.49. The minimum absolute atomic E-state index is 0.576. The molecule has 0 fully saturated rings. The van der Waals surface area contributed by atoms with E-state index >= 15 is 0 Å². The summed E-state index contributed by atoms with van der Waals surface area (Å²) in [5.41, 5.74) is 14.0. The lowest BCUT2D eigenvalue weighted by atomic mass is 9.66. The van der Waals surface area contributed by atoms with Crippen LogP contribution in [0.25, 0.3) is 66.2 Å². The van der Waals surface area contributed by atoms with Gasteiger partial charge in [0.1, 0.15) is 11.5 Å². The molecule has 248 valence electrons. The van der Waals surface area contributed by atoms with Gasteiger partial charge in [-0.05, 0) is 75.2 Å². The topological polar surface area (TPSA) is 35.0 Å². The van der Waals surface area contributed by atoms with Gasteiger partial charge >= 0.3 is 0 Å². The van der Waals surface area contributed by atoms with Gasteiger partial charge in [-0.3, -0.25) is 0 Å². The molecule has 7 aromatic carbocycles. The minimum atomic E-state index is -0.576. The number of ether oxygens (including phenoxy) is 1. The second kappa shape index (κ2) is 11.7. The third-order valence-corrected chi connectivity index (χ3v) is 11.8. The average Bonchev–Trinajstić information content (AvgIpc) is 3.83. The van der Waals surface area contributed by atoms with Gasteiger partial charge in [-0.1, -0.05) is 140 Å². The van der Waals surface area contributed by atoms with Gasteiger partial charge in [-0.15, -0.1) is 11.3 Å². The average molecular weight is 695 g/mol. The minimum Gasteiger partial charge on any atom is -0.457 e. The van der Waals surface area contributed by atoms with Gasteiger partial charge < -0.3 is 4.74 Å². The lowest BCUT2D eigenvalue weighted by molar-refractivity contribution is 0.436. The maximum Gasteiger partial charge on any atom is 0.160 e. The zero-order chi connectivity index (χ0) is 34.9. The Hall–Kier alpha value is -6.62. The number of thiophene rings is 1. The summed E-state index contributed by atoms with van der Waals surface area (Å²) in [6.45, 7) is 0. The van der Waals surface area contributed by atoms with Crippen molar-refractivity contribution >= 4 is 21.4 Å². The molecule has 0 saturated heterocycles. The summed E-state index contributed by atoms with van der Waals surface area (Å²) in [7, 11) is 0. The number of aromatic nitrogens is 2. The molecule has 11 rings (SSSR count). The van der Waals surface area contributed by atoms with E-state index in [9.17, 15) is 0 Å². The summed E-state index contributed by atoms with van der Waals surface area (Å²) >= 11 is 1.79. The van der Waals surface area contributed by atoms with Crippen LogP contribution in [0.2, 0.25) is 0 Å². The van der Waals surface area contributed by atoms with Crippen molar-refractivity contribution < 1.29 is 4.74 Å². The van der Waals surface area contributed by atoms with Crippen molar-refractivity contribution in [3.8, 4) is 67.7 Å². The molecular weight excluding hydrogens is 665 g/mol. The van der Waals surface area contributed by atoms with Crippen molar-refractivity contribution in [3.05, 3.63) is 204 Å². The third-order valence-electron chi connectivity index (χ3n) is 10.9. The van der Waals surface area contributed by atoms with Gasteiger partial charge in [0.15, 0.2) is 5.82 Å². The number of para-hydroxylation sites is 2. The molecule has 3 heterocycles. The van der Waals surface area contributed by atoms with Crippen LogP contribution < -0.4 is 4.74 Å². The van der Waals surface area contributed by atoms with Crippen molar-refractivity contribution in [2.45, 2.75) is 5.41 Å². The molecule has 0 bridgehead atoms. The molecule has 9 aromatic rings. The highest BCUT2D eigenvalue weighted by Crippen LogP contribution is 2.63. The largest absolute Gasteiger partial charge is 0.457 e. The summed E-state index contributed by atoms with van der Waals surface area (Å²) < 4.78 is 7.92. The molecule has 0 unspecified atom stereocenters. The van der Waals surface area contributed by atoms with Crippen LogP contribution in [-0.2, 0) is 5.41 Å². The number of benzene rings is 7. The van der Waals surface area contributed by atoms with E-state index in [1.54, 1.807) is 11.3 Å². The van der Waals surface area contributed by atoms with E-state index in [1.165, 1.54) is 43.5 Å². The Morgan fingerprint density at radius 1 is 0.434 bits per heavy atom. The van der Waals surface area contributed by atoms with Crippen molar-refractivity contribution in [2.75, 3.05) is 0 Å². The highest BCUT2D eigenvalue weighted by atomic mass is 32.1. The van der Waals surface area contributed by atoms with Crippen molar-refractivity contribution in [3.63, 3.8) is 0 Å². The van der Waals surface area contributed by atoms with E-state index in [-0.39, 0.29) is 0 Å². The van der Waals surface area contributed by atoms with Crippen LogP contribution in [-0.4, -0.2) is 9.97 Å². The van der Waals surface area contributed by atoms with Crippen molar-refractivity contribution in [2.24, 2.45) is 0 Å². The van der Waals surface area contributed by atoms with E-state index in [1.807, 2.05) is 24.3 Å². The first kappa shape index (κ1) is 30.0. The molecule has 0 atom stereocenters. The number of fused-ring (bicyclic) bond motifs is 11. The van der Waals surface area contributed by atoms with Crippen LogP contribution in [0.15, 0.2) is 181 Å². The predicted octanol–water partition coefficient (Wildman–Crippen LogP) is 12.8. The van der Waals surface area contributed by atoms with Gasteiger partial charge in [0, 0.05) is 37.9 Å². The Bertz CT molecular complexity index is 2810. The van der Waals surface area contributed by atoms with Gasteiger partial charge in [-0.25, -0.2) is 9.97 Å². The normalized spacial score (nSPS) is 13.2. The summed E-state index contributed by atoms with van der Waals surface area (Å²) in [6, 6.07) is 62.5. The molecule has 3 nitrogen and oxygen atoms in total. The summed E-state index contributed by atoms with van der Waals surface area (Å²) in [4.78, 5) is 10.4. The smallest absolute Gasteiger partial charge is 0.160 e. The molecule has 1 aliphatic heterocycles. The molecule has 2 aromatic heterocycles. The Labute approximate surface area is 311 Å². The first-order chi connectivity index (χ1) is 26.3. The maximum atomic E-state index is 6.63. The quantitative estimate of drug-likeness (QED) is 0.184. The van der Waals surface area contributed by atoms with Crippen LogP contribution in [0.5, 0.6) is 11.5 Å². The molecule has 0 saturated carbocycles. The first-order valence-corrected chi connectivity index (χ1v) is 18.8. The number of nitrogens with zero attached hydrogens (tertiary/aromatic N) is 2. The number of rotatable bonds is 4. The van der Waals surface area contributed by atoms with Gasteiger partial charge in [0.05, 0.1) is 16.8 Å². The lowest BCUT2D eigenvalue weighted by Crippen LogP contribution is -2.32. The Balaban J connectivity index is 1.16. The Kier molecular flexibility index (Phi) is 6.64. The van der Waals surface area contributed by atoms with E-state index in [0.29, 0.717) is 5.82 Å². The van der Waals surface area contributed by atoms with E-state index in [4.69, 9.17) is 14.7 Å². The number of hydrogen-bond acceptors (Lipinski definition) is 4. The molecule has 4 heteroatoms. The predicted molar refractivity (Wildman–Crippen MR) is 217 cm³/mol. The highest BCUT2D eigenvalue weighted by molar-refractivity contribution is 7.17. The van der Waals surface area contributed by atoms with Crippen molar-refractivity contribution in [1.29, 1.82) is 0 Å². The van der Waals surface area contributed by atoms with E-state index < -0.39 is 5.41 Å². The highest BCUT2D eigenvalue weighted by Gasteiger charge is 2.51. The fourth-order valence-electron chi connectivity index (χ4n) is 8.52. The molecular formula is C49H30N2OS. The van der Waals surface area contributed by atoms with Crippen LogP contribution in [0.3, 0.4) is 0 Å². The Morgan fingerprint density at radius 3 is 1.74 bits per heavy atom. The number of hydrogen-bond donors (Lipinski definition) is 0. The first-order valence-electron chi connectivity index (χ1n) is 17.9. The fourth-order valence-corrected chi connectivity index (χ4v) is 9.32. The second-order valence-corrected chi connectivity index (χ2v) is 14.6. The molecule has 1 aliphatic carbocycles. The zero-order valence-electron chi connectivity index (χ0n) is 28.5. The van der Waals surface area contributed by atoms with E-state index in [2.05, 4.69) is 157 Å². The zero-order valence-corrected chi connectivity index (χ0v) is 29.3. The van der Waals surface area contributed by atoms with E-state index in [0.717, 1.165) is 50.7 Å². The molecule has 53 heavy (non-hydrogen) atoms. The molecule has 0 N–H and O–H groups in total. The third kappa shape index (κ3) is 4.52. The lowest BCUT2D eigenvalue weighted by Gasteiger charge is -2.39. The second-order valence-electron chi connectivity index (χ2n) is 13.7. The van der Waals surface area contributed by atoms with Crippen LogP contribution in [0.4, 0.5) is 0 Å². The summed E-state index contributed by atoms with van der Waals surface area (Å²) in [6.07, 6.45) is 0. The van der Waals surface area contributed by atoms with Crippen LogP contribution >= 0.6 is 11.3 Å². The van der Waals surface area contributed by atoms with Gasteiger partial charge in [-0.2, -0.15) is 0 Å². The molecule has 0 radical (unpaired) electrons. The molecule has 2 aliphatic rings. The maximum absolute atomic E-state index is 6.63. The Morgan fingerprint density at radius 2 is 1.02 bits per heavy atom. The monoisotopic (exact) mass is 694 g/mol. The molecule has 0 amide bonds. The SMILES string of the molecule is c1ccc(-c2ccc(-c3cc(-c4ccc5c(c4)C4(c6ccccc6Oc6ccccc64)c4ccc6sccc6c4-5)nc(-c4ccccc4)n3)cc2)cc1. The standard InChI is InChI=1S/C49H30N2OS/c1-3-11-31(12-4-1)32-19-21-33(22-20-32)42-30-43(51-48(50-42)34-13-5-2-6-14-34)35-23-24-36-41(29-35)49(40-25-26-46-37(47(36)40)27-28-53-46)38-15-7-9-17-44(38)52-45-18-10-8-16-39(45)49/h1-30H. The van der Waals surface area contributed by atoms with Gasteiger partial charge in [0.25, 0.3) is 0 Å². The van der Waals surface area contributed by atoms with Crippen LogP contribution in [0.1, 0.15) is 22.3 Å². The fraction of sp³-hybridized carbons (Fsp3) is 0.0204. The molecule has 1 spiro atoms. The van der Waals surface area contributed by atoms with Crippen molar-refractivity contribution in [1.82, 2.24) is 9.97 Å².